The summed E-state index contributed by atoms with van der Waals surface area (Å²) in [7, 11) is 1.55. The minimum absolute atomic E-state index is 0.243. The number of ether oxygens (including phenoxy) is 1. The Morgan fingerprint density at radius 2 is 1.89 bits per heavy atom. The SMILES string of the molecule is COc1ccccc1NC(=O)c1cc(-c2ccco2)n(-c2ccc(Cl)cc2)n1. The van der Waals surface area contributed by atoms with Gasteiger partial charge in [0.2, 0.25) is 0 Å². The second-order valence-corrected chi connectivity index (χ2v) is 6.37. The molecular formula is C21H16ClN3O3. The molecule has 4 rings (SSSR count). The lowest BCUT2D eigenvalue weighted by Crippen LogP contribution is -2.13. The Morgan fingerprint density at radius 3 is 2.61 bits per heavy atom. The summed E-state index contributed by atoms with van der Waals surface area (Å²) >= 11 is 5.99. The molecule has 28 heavy (non-hydrogen) atoms. The highest BCUT2D eigenvalue weighted by atomic mass is 35.5. The summed E-state index contributed by atoms with van der Waals surface area (Å²) in [5.74, 6) is 0.808. The maximum atomic E-state index is 12.8. The van der Waals surface area contributed by atoms with Gasteiger partial charge >= 0.3 is 0 Å². The number of anilines is 1. The van der Waals surface area contributed by atoms with Gasteiger partial charge in [0.25, 0.3) is 5.91 Å². The predicted octanol–water partition coefficient (Wildman–Crippen LogP) is 5.05. The standard InChI is InChI=1S/C21H16ClN3O3/c1-27-19-6-3-2-5-16(19)23-21(26)17-13-18(20-7-4-12-28-20)25(24-17)15-10-8-14(22)9-11-15/h2-13H,1H3,(H,23,26). The highest BCUT2D eigenvalue weighted by Gasteiger charge is 2.19. The summed E-state index contributed by atoms with van der Waals surface area (Å²) in [6.07, 6.45) is 1.57. The quantitative estimate of drug-likeness (QED) is 0.515. The number of furan rings is 1. The third-order valence-corrected chi connectivity index (χ3v) is 4.39. The van der Waals surface area contributed by atoms with Gasteiger partial charge in [0, 0.05) is 11.1 Å². The monoisotopic (exact) mass is 393 g/mol. The Bertz CT molecular complexity index is 1100. The summed E-state index contributed by atoms with van der Waals surface area (Å²) in [5.41, 5.74) is 2.22. The number of rotatable bonds is 5. The number of hydrogen-bond donors (Lipinski definition) is 1. The first-order valence-electron chi connectivity index (χ1n) is 8.50. The molecule has 0 aliphatic heterocycles. The number of aromatic nitrogens is 2. The molecule has 7 heteroatoms. The van der Waals surface area contributed by atoms with E-state index >= 15 is 0 Å². The first-order valence-corrected chi connectivity index (χ1v) is 8.88. The molecule has 2 aromatic carbocycles. The van der Waals surface area contributed by atoms with Gasteiger partial charge in [-0.15, -0.1) is 0 Å². The lowest BCUT2D eigenvalue weighted by atomic mass is 10.2. The number of hydrogen-bond acceptors (Lipinski definition) is 4. The van der Waals surface area contributed by atoms with Crippen LogP contribution in [0.3, 0.4) is 0 Å². The predicted molar refractivity (Wildman–Crippen MR) is 107 cm³/mol. The van der Waals surface area contributed by atoms with Gasteiger partial charge in [0.05, 0.1) is 24.7 Å². The van der Waals surface area contributed by atoms with Crippen LogP contribution in [0.25, 0.3) is 17.1 Å². The molecular weight excluding hydrogens is 378 g/mol. The third-order valence-electron chi connectivity index (χ3n) is 4.14. The van der Waals surface area contributed by atoms with Gasteiger partial charge in [0.15, 0.2) is 11.5 Å². The number of nitrogens with zero attached hydrogens (tertiary/aromatic N) is 2. The molecule has 1 N–H and O–H groups in total. The molecule has 0 bridgehead atoms. The molecule has 0 atom stereocenters. The van der Waals surface area contributed by atoms with Gasteiger partial charge in [-0.05, 0) is 48.5 Å². The van der Waals surface area contributed by atoms with Crippen LogP contribution in [0.1, 0.15) is 10.5 Å². The molecule has 0 radical (unpaired) electrons. The maximum Gasteiger partial charge on any atom is 0.276 e. The average Bonchev–Trinajstić information content (AvgIpc) is 3.39. The Labute approximate surface area is 166 Å². The largest absolute Gasteiger partial charge is 0.495 e. The highest BCUT2D eigenvalue weighted by molar-refractivity contribution is 6.30. The second kappa shape index (κ2) is 7.62. The Morgan fingerprint density at radius 1 is 1.11 bits per heavy atom. The molecule has 0 saturated carbocycles. The van der Waals surface area contributed by atoms with Crippen molar-refractivity contribution in [3.63, 3.8) is 0 Å². The molecule has 1 amide bonds. The number of carbonyl (C=O) groups excluding carboxylic acids is 1. The summed E-state index contributed by atoms with van der Waals surface area (Å²) in [4.78, 5) is 12.8. The lowest BCUT2D eigenvalue weighted by molar-refractivity contribution is 0.102. The van der Waals surface area contributed by atoms with Crippen molar-refractivity contribution in [3.05, 3.63) is 83.7 Å². The molecule has 140 valence electrons. The zero-order valence-electron chi connectivity index (χ0n) is 14.9. The number of methoxy groups -OCH3 is 1. The van der Waals surface area contributed by atoms with E-state index in [-0.39, 0.29) is 11.6 Å². The molecule has 0 saturated heterocycles. The van der Waals surface area contributed by atoms with E-state index in [1.165, 1.54) is 0 Å². The van der Waals surface area contributed by atoms with Crippen LogP contribution in [-0.2, 0) is 0 Å². The third kappa shape index (κ3) is 3.50. The number of benzene rings is 2. The van der Waals surface area contributed by atoms with E-state index in [0.29, 0.717) is 27.9 Å². The van der Waals surface area contributed by atoms with Gasteiger partial charge in [-0.1, -0.05) is 23.7 Å². The molecule has 2 aromatic heterocycles. The van der Waals surface area contributed by atoms with Crippen molar-refractivity contribution in [2.45, 2.75) is 0 Å². The van der Waals surface area contributed by atoms with E-state index in [9.17, 15) is 4.79 Å². The number of nitrogens with one attached hydrogen (secondary N) is 1. The second-order valence-electron chi connectivity index (χ2n) is 5.93. The van der Waals surface area contributed by atoms with Gasteiger partial charge in [-0.2, -0.15) is 5.10 Å². The first-order chi connectivity index (χ1) is 13.7. The smallest absolute Gasteiger partial charge is 0.276 e. The molecule has 0 aliphatic carbocycles. The van der Waals surface area contributed by atoms with Crippen LogP contribution in [0.5, 0.6) is 5.75 Å². The van der Waals surface area contributed by atoms with E-state index in [4.69, 9.17) is 20.8 Å². The van der Waals surface area contributed by atoms with Crippen LogP contribution in [0, 0.1) is 0 Å². The van der Waals surface area contributed by atoms with E-state index in [2.05, 4.69) is 10.4 Å². The fourth-order valence-corrected chi connectivity index (χ4v) is 2.93. The Hall–Kier alpha value is -3.51. The van der Waals surface area contributed by atoms with Crippen molar-refractivity contribution in [2.24, 2.45) is 0 Å². The number of halogens is 1. The van der Waals surface area contributed by atoms with Gasteiger partial charge < -0.3 is 14.5 Å². The molecule has 0 fully saturated rings. The van der Waals surface area contributed by atoms with Crippen LogP contribution in [-0.4, -0.2) is 22.8 Å². The summed E-state index contributed by atoms with van der Waals surface area (Å²) in [5, 5.41) is 7.93. The van der Waals surface area contributed by atoms with Gasteiger partial charge in [-0.3, -0.25) is 4.79 Å². The molecule has 0 spiro atoms. The molecule has 0 unspecified atom stereocenters. The van der Waals surface area contributed by atoms with E-state index in [0.717, 1.165) is 5.69 Å². The normalized spacial score (nSPS) is 10.6. The van der Waals surface area contributed by atoms with Crippen LogP contribution >= 0.6 is 11.6 Å². The van der Waals surface area contributed by atoms with Crippen molar-refractivity contribution in [1.82, 2.24) is 9.78 Å². The average molecular weight is 394 g/mol. The van der Waals surface area contributed by atoms with E-state index in [1.54, 1.807) is 54.5 Å². The molecule has 4 aromatic rings. The van der Waals surface area contributed by atoms with Crippen molar-refractivity contribution < 1.29 is 13.9 Å². The number of amides is 1. The van der Waals surface area contributed by atoms with Crippen molar-refractivity contribution in [2.75, 3.05) is 12.4 Å². The van der Waals surface area contributed by atoms with Crippen molar-refractivity contribution in [3.8, 4) is 22.9 Å². The highest BCUT2D eigenvalue weighted by Crippen LogP contribution is 2.27. The minimum Gasteiger partial charge on any atom is -0.495 e. The van der Waals surface area contributed by atoms with Crippen LogP contribution in [0.4, 0.5) is 5.69 Å². The zero-order valence-corrected chi connectivity index (χ0v) is 15.7. The topological polar surface area (TPSA) is 69.3 Å². The van der Waals surface area contributed by atoms with E-state index in [1.807, 2.05) is 30.3 Å². The molecule has 2 heterocycles. The Balaban J connectivity index is 1.73. The molecule has 6 nitrogen and oxygen atoms in total. The number of para-hydroxylation sites is 2. The zero-order chi connectivity index (χ0) is 19.5. The van der Waals surface area contributed by atoms with E-state index < -0.39 is 0 Å². The first kappa shape index (κ1) is 17.9. The van der Waals surface area contributed by atoms with Crippen LogP contribution in [0.15, 0.2) is 77.4 Å². The summed E-state index contributed by atoms with van der Waals surface area (Å²) in [6, 6.07) is 19.6. The fourth-order valence-electron chi connectivity index (χ4n) is 2.81. The van der Waals surface area contributed by atoms with Gasteiger partial charge in [-0.25, -0.2) is 4.68 Å². The van der Waals surface area contributed by atoms with Crippen molar-refractivity contribution >= 4 is 23.2 Å². The fraction of sp³-hybridized carbons (Fsp3) is 0.0476. The van der Waals surface area contributed by atoms with Crippen molar-refractivity contribution in [1.29, 1.82) is 0 Å². The lowest BCUT2D eigenvalue weighted by Gasteiger charge is -2.08. The minimum atomic E-state index is -0.356. The summed E-state index contributed by atoms with van der Waals surface area (Å²) in [6.45, 7) is 0. The van der Waals surface area contributed by atoms with Crippen LogP contribution in [0.2, 0.25) is 5.02 Å². The number of carbonyl (C=O) groups is 1. The molecule has 0 aliphatic rings. The Kier molecular flexibility index (Phi) is 4.87. The maximum absolute atomic E-state index is 12.8. The summed E-state index contributed by atoms with van der Waals surface area (Å²) < 4.78 is 12.4. The van der Waals surface area contributed by atoms with Gasteiger partial charge in [0.1, 0.15) is 11.4 Å². The van der Waals surface area contributed by atoms with Crippen LogP contribution < -0.4 is 10.1 Å².